The Morgan fingerprint density at radius 3 is 2.26 bits per heavy atom. The van der Waals surface area contributed by atoms with E-state index in [4.69, 9.17) is 0 Å². The van der Waals surface area contributed by atoms with Gasteiger partial charge in [0.15, 0.2) is 0 Å². The average molecular weight is 247 g/mol. The van der Waals surface area contributed by atoms with Gasteiger partial charge in [-0.15, -0.1) is 0 Å². The highest BCUT2D eigenvalue weighted by atomic mass is 16.3. The van der Waals surface area contributed by atoms with Crippen LogP contribution in [0.2, 0.25) is 0 Å². The van der Waals surface area contributed by atoms with Gasteiger partial charge < -0.3 is 5.11 Å². The SMILES string of the molecule is Oc1ccc(-c2ccccn2)cc1-c1ccccc1. The second-order valence-electron chi connectivity index (χ2n) is 4.31. The van der Waals surface area contributed by atoms with Gasteiger partial charge in [0.25, 0.3) is 0 Å². The van der Waals surface area contributed by atoms with Crippen molar-refractivity contribution in [1.29, 1.82) is 0 Å². The van der Waals surface area contributed by atoms with Crippen LogP contribution in [0.25, 0.3) is 22.4 Å². The van der Waals surface area contributed by atoms with Crippen LogP contribution in [0.3, 0.4) is 0 Å². The fraction of sp³-hybridized carbons (Fsp3) is 0. The van der Waals surface area contributed by atoms with Gasteiger partial charge in [-0.2, -0.15) is 0 Å². The summed E-state index contributed by atoms with van der Waals surface area (Å²) in [7, 11) is 0. The molecule has 0 saturated carbocycles. The zero-order chi connectivity index (χ0) is 13.1. The molecule has 19 heavy (non-hydrogen) atoms. The fourth-order valence-electron chi connectivity index (χ4n) is 2.08. The number of phenols is 1. The van der Waals surface area contributed by atoms with Gasteiger partial charge >= 0.3 is 0 Å². The molecule has 0 unspecified atom stereocenters. The van der Waals surface area contributed by atoms with Crippen LogP contribution in [0.5, 0.6) is 5.75 Å². The smallest absolute Gasteiger partial charge is 0.123 e. The van der Waals surface area contributed by atoms with E-state index in [0.717, 1.165) is 22.4 Å². The van der Waals surface area contributed by atoms with Gasteiger partial charge in [0.2, 0.25) is 0 Å². The Kier molecular flexibility index (Phi) is 2.99. The van der Waals surface area contributed by atoms with Crippen molar-refractivity contribution in [3.05, 3.63) is 72.9 Å². The molecule has 1 aromatic heterocycles. The van der Waals surface area contributed by atoms with Crippen molar-refractivity contribution >= 4 is 0 Å². The lowest BCUT2D eigenvalue weighted by molar-refractivity contribution is 0.477. The lowest BCUT2D eigenvalue weighted by atomic mass is 10.0. The molecule has 0 aliphatic carbocycles. The predicted molar refractivity (Wildman–Crippen MR) is 76.8 cm³/mol. The maximum Gasteiger partial charge on any atom is 0.123 e. The number of pyridine rings is 1. The topological polar surface area (TPSA) is 33.1 Å². The first-order valence-electron chi connectivity index (χ1n) is 6.14. The molecule has 0 amide bonds. The minimum absolute atomic E-state index is 0.283. The summed E-state index contributed by atoms with van der Waals surface area (Å²) >= 11 is 0. The van der Waals surface area contributed by atoms with Crippen molar-refractivity contribution < 1.29 is 5.11 Å². The number of rotatable bonds is 2. The van der Waals surface area contributed by atoms with Crippen molar-refractivity contribution in [2.24, 2.45) is 0 Å². The zero-order valence-electron chi connectivity index (χ0n) is 10.3. The first kappa shape index (κ1) is 11.5. The summed E-state index contributed by atoms with van der Waals surface area (Å²) in [6, 6.07) is 21.2. The first-order valence-corrected chi connectivity index (χ1v) is 6.14. The first-order chi connectivity index (χ1) is 9.34. The molecule has 0 spiro atoms. The molecule has 1 heterocycles. The largest absolute Gasteiger partial charge is 0.507 e. The van der Waals surface area contributed by atoms with Crippen molar-refractivity contribution in [3.8, 4) is 28.1 Å². The molecule has 0 saturated heterocycles. The summed E-state index contributed by atoms with van der Waals surface area (Å²) in [6.07, 6.45) is 1.77. The van der Waals surface area contributed by atoms with E-state index in [1.165, 1.54) is 0 Å². The number of aromatic nitrogens is 1. The van der Waals surface area contributed by atoms with Gasteiger partial charge in [-0.25, -0.2) is 0 Å². The number of hydrogen-bond acceptors (Lipinski definition) is 2. The Labute approximate surface area is 112 Å². The van der Waals surface area contributed by atoms with E-state index in [0.29, 0.717) is 0 Å². The van der Waals surface area contributed by atoms with E-state index in [9.17, 15) is 5.11 Å². The van der Waals surface area contributed by atoms with E-state index in [2.05, 4.69) is 4.98 Å². The summed E-state index contributed by atoms with van der Waals surface area (Å²) in [5.41, 5.74) is 3.72. The van der Waals surface area contributed by atoms with Crippen molar-refractivity contribution in [1.82, 2.24) is 4.98 Å². The highest BCUT2D eigenvalue weighted by Gasteiger charge is 2.06. The van der Waals surface area contributed by atoms with Gasteiger partial charge in [0.1, 0.15) is 5.75 Å². The summed E-state index contributed by atoms with van der Waals surface area (Å²) < 4.78 is 0. The predicted octanol–water partition coefficient (Wildman–Crippen LogP) is 4.12. The number of phenolic OH excluding ortho intramolecular Hbond substituents is 1. The lowest BCUT2D eigenvalue weighted by Crippen LogP contribution is -1.84. The van der Waals surface area contributed by atoms with Crippen LogP contribution in [0.15, 0.2) is 72.9 Å². The van der Waals surface area contributed by atoms with Crippen molar-refractivity contribution in [2.45, 2.75) is 0 Å². The van der Waals surface area contributed by atoms with Crippen LogP contribution >= 0.6 is 0 Å². The quantitative estimate of drug-likeness (QED) is 0.738. The van der Waals surface area contributed by atoms with Gasteiger partial charge in [-0.3, -0.25) is 4.98 Å². The summed E-state index contributed by atoms with van der Waals surface area (Å²) in [5.74, 6) is 0.283. The molecular weight excluding hydrogens is 234 g/mol. The van der Waals surface area contributed by atoms with Crippen LogP contribution in [0.4, 0.5) is 0 Å². The molecule has 3 rings (SSSR count). The van der Waals surface area contributed by atoms with E-state index < -0.39 is 0 Å². The Morgan fingerprint density at radius 2 is 1.53 bits per heavy atom. The van der Waals surface area contributed by atoms with Crippen molar-refractivity contribution in [2.75, 3.05) is 0 Å². The van der Waals surface area contributed by atoms with Crippen molar-refractivity contribution in [3.63, 3.8) is 0 Å². The maximum atomic E-state index is 10.0. The number of hydrogen-bond donors (Lipinski definition) is 1. The van der Waals surface area contributed by atoms with Crippen LogP contribution in [0.1, 0.15) is 0 Å². The summed E-state index contributed by atoms with van der Waals surface area (Å²) in [5, 5.41) is 10.0. The monoisotopic (exact) mass is 247 g/mol. The van der Waals surface area contributed by atoms with Gasteiger partial charge in [0, 0.05) is 17.3 Å². The molecule has 3 aromatic rings. The molecule has 0 aliphatic rings. The Hall–Kier alpha value is -2.61. The third-order valence-electron chi connectivity index (χ3n) is 3.04. The third-order valence-corrected chi connectivity index (χ3v) is 3.04. The second-order valence-corrected chi connectivity index (χ2v) is 4.31. The lowest BCUT2D eigenvalue weighted by Gasteiger charge is -2.07. The molecule has 2 heteroatoms. The Morgan fingerprint density at radius 1 is 0.737 bits per heavy atom. The molecule has 0 fully saturated rings. The van der Waals surface area contributed by atoms with E-state index in [1.54, 1.807) is 12.3 Å². The molecule has 0 bridgehead atoms. The highest BCUT2D eigenvalue weighted by molar-refractivity contribution is 5.76. The van der Waals surface area contributed by atoms with E-state index >= 15 is 0 Å². The van der Waals surface area contributed by atoms with Crippen LogP contribution in [-0.2, 0) is 0 Å². The number of benzene rings is 2. The number of aromatic hydroxyl groups is 1. The van der Waals surface area contributed by atoms with Gasteiger partial charge in [-0.05, 0) is 35.9 Å². The fourth-order valence-corrected chi connectivity index (χ4v) is 2.08. The minimum Gasteiger partial charge on any atom is -0.507 e. The Balaban J connectivity index is 2.12. The maximum absolute atomic E-state index is 10.0. The second kappa shape index (κ2) is 4.94. The molecule has 2 aromatic carbocycles. The standard InChI is InChI=1S/C17H13NO/c19-17-10-9-14(16-8-4-5-11-18-16)12-15(17)13-6-2-1-3-7-13/h1-12,19H. The van der Waals surface area contributed by atoms with Gasteiger partial charge in [-0.1, -0.05) is 36.4 Å². The third kappa shape index (κ3) is 2.33. The molecule has 92 valence electrons. The van der Waals surface area contributed by atoms with E-state index in [-0.39, 0.29) is 5.75 Å². The molecule has 0 atom stereocenters. The molecule has 0 radical (unpaired) electrons. The molecule has 1 N–H and O–H groups in total. The summed E-state index contributed by atoms with van der Waals surface area (Å²) in [6.45, 7) is 0. The number of nitrogens with zero attached hydrogens (tertiary/aromatic N) is 1. The summed E-state index contributed by atoms with van der Waals surface area (Å²) in [4.78, 5) is 4.33. The van der Waals surface area contributed by atoms with Crippen LogP contribution in [0, 0.1) is 0 Å². The highest BCUT2D eigenvalue weighted by Crippen LogP contribution is 2.32. The normalized spacial score (nSPS) is 10.3. The van der Waals surface area contributed by atoms with Gasteiger partial charge in [0.05, 0.1) is 5.69 Å². The Bertz CT molecular complexity index is 678. The van der Waals surface area contributed by atoms with Crippen LogP contribution in [-0.4, -0.2) is 10.1 Å². The van der Waals surface area contributed by atoms with Crippen LogP contribution < -0.4 is 0 Å². The molecule has 2 nitrogen and oxygen atoms in total. The molecule has 0 aliphatic heterocycles. The average Bonchev–Trinajstić information content (AvgIpc) is 2.49. The molecular formula is C17H13NO. The van der Waals surface area contributed by atoms with E-state index in [1.807, 2.05) is 60.7 Å². The minimum atomic E-state index is 0.283. The zero-order valence-corrected chi connectivity index (χ0v) is 10.3.